The summed E-state index contributed by atoms with van der Waals surface area (Å²) in [7, 11) is -3.67. The summed E-state index contributed by atoms with van der Waals surface area (Å²) < 4.78 is 24.9. The van der Waals surface area contributed by atoms with Gasteiger partial charge in [0.15, 0.2) is 5.13 Å². The van der Waals surface area contributed by atoms with E-state index in [1.807, 2.05) is 29.0 Å². The number of aliphatic hydroxyl groups is 1. The van der Waals surface area contributed by atoms with Crippen LogP contribution in [0.25, 0.3) is 0 Å². The first-order chi connectivity index (χ1) is 15.1. The molecule has 0 radical (unpaired) electrons. The summed E-state index contributed by atoms with van der Waals surface area (Å²) in [6.45, 7) is 3.15. The smallest absolute Gasteiger partial charge is 0.284 e. The normalized spacial score (nSPS) is 19.0. The van der Waals surface area contributed by atoms with Gasteiger partial charge in [-0.15, -0.1) is 11.3 Å². The molecule has 0 bridgehead atoms. The van der Waals surface area contributed by atoms with Crippen LogP contribution in [0.3, 0.4) is 0 Å². The van der Waals surface area contributed by atoms with Crippen molar-refractivity contribution < 1.29 is 18.3 Å². The Kier molecular flexibility index (Phi) is 8.55. The number of carbonyl (C=O) groups is 1. The summed E-state index contributed by atoms with van der Waals surface area (Å²) in [5, 5.41) is 11.7. The number of sulfonamides is 1. The number of nitrogens with one attached hydrogen (secondary N) is 1. The quantitative estimate of drug-likeness (QED) is 0.544. The number of nitrogens with zero attached hydrogens (tertiary/aromatic N) is 2. The lowest BCUT2D eigenvalue weighted by atomic mass is 9.84. The van der Waals surface area contributed by atoms with Crippen molar-refractivity contribution in [3.05, 3.63) is 45.4 Å². The third kappa shape index (κ3) is 7.16. The van der Waals surface area contributed by atoms with Gasteiger partial charge in [-0.2, -0.15) is 0 Å². The molecule has 0 spiro atoms. The van der Waals surface area contributed by atoms with E-state index in [1.54, 1.807) is 6.92 Å². The molecule has 0 unspecified atom stereocenters. The Hall–Kier alpha value is -1.68. The van der Waals surface area contributed by atoms with Crippen LogP contribution >= 0.6 is 22.9 Å². The summed E-state index contributed by atoms with van der Waals surface area (Å²) in [4.78, 5) is 19.6. The topological polar surface area (TPSA) is 99.6 Å². The van der Waals surface area contributed by atoms with Gasteiger partial charge in [0, 0.05) is 23.0 Å². The van der Waals surface area contributed by atoms with Crippen molar-refractivity contribution in [1.29, 1.82) is 0 Å². The zero-order valence-corrected chi connectivity index (χ0v) is 20.8. The molecule has 176 valence electrons. The molecule has 1 aromatic carbocycles. The number of anilines is 1. The standard InChI is InChI=1S/C22H30ClN3O4S2/c1-15-20(21(28)25-32(2,29)30)24-22(31-15)26(13-11-16-7-9-18(23)10-8-16)14-12-17-5-3-4-6-19(17)27/h7-10,17,19,27H,3-6,11-14H2,1-2H3,(H,25,28)/t17-,19+/m1/s1. The van der Waals surface area contributed by atoms with E-state index in [9.17, 15) is 18.3 Å². The van der Waals surface area contributed by atoms with E-state index in [0.717, 1.165) is 50.3 Å². The Morgan fingerprint density at radius 3 is 2.59 bits per heavy atom. The van der Waals surface area contributed by atoms with E-state index in [-0.39, 0.29) is 17.7 Å². The molecule has 10 heteroatoms. The van der Waals surface area contributed by atoms with Crippen LogP contribution in [0.15, 0.2) is 24.3 Å². The van der Waals surface area contributed by atoms with Crippen LogP contribution in [0, 0.1) is 12.8 Å². The molecular weight excluding hydrogens is 470 g/mol. The molecule has 2 aromatic rings. The Morgan fingerprint density at radius 2 is 1.94 bits per heavy atom. The lowest BCUT2D eigenvalue weighted by molar-refractivity contribution is 0.0663. The number of thiazole rings is 1. The molecule has 1 heterocycles. The van der Waals surface area contributed by atoms with Crippen molar-refractivity contribution in [3.8, 4) is 0 Å². The van der Waals surface area contributed by atoms with Crippen molar-refractivity contribution in [2.24, 2.45) is 5.92 Å². The minimum Gasteiger partial charge on any atom is -0.393 e. The molecule has 2 atom stereocenters. The fourth-order valence-corrected chi connectivity index (χ4v) is 5.53. The minimum atomic E-state index is -3.67. The van der Waals surface area contributed by atoms with Crippen LogP contribution in [0.1, 0.15) is 53.0 Å². The highest BCUT2D eigenvalue weighted by molar-refractivity contribution is 7.89. The van der Waals surface area contributed by atoms with Crippen LogP contribution < -0.4 is 9.62 Å². The maximum Gasteiger partial charge on any atom is 0.284 e. The van der Waals surface area contributed by atoms with Crippen molar-refractivity contribution in [3.63, 3.8) is 0 Å². The summed E-state index contributed by atoms with van der Waals surface area (Å²) in [6, 6.07) is 7.70. The molecule has 3 rings (SSSR count). The molecular formula is C22H30ClN3O4S2. The lowest BCUT2D eigenvalue weighted by Crippen LogP contribution is -2.33. The number of hydrogen-bond acceptors (Lipinski definition) is 7. The number of carbonyl (C=O) groups excluding carboxylic acids is 1. The van der Waals surface area contributed by atoms with Gasteiger partial charge < -0.3 is 10.0 Å². The number of aliphatic hydroxyl groups excluding tert-OH is 1. The first-order valence-corrected chi connectivity index (χ1v) is 13.9. The molecule has 2 N–H and O–H groups in total. The van der Waals surface area contributed by atoms with Gasteiger partial charge in [-0.1, -0.05) is 36.6 Å². The molecule has 1 aliphatic carbocycles. The average Bonchev–Trinajstić information content (AvgIpc) is 3.11. The predicted octanol–water partition coefficient (Wildman–Crippen LogP) is 3.78. The third-order valence-electron chi connectivity index (χ3n) is 5.77. The highest BCUT2D eigenvalue weighted by atomic mass is 35.5. The van der Waals surface area contributed by atoms with Crippen LogP contribution in [0.2, 0.25) is 5.02 Å². The highest BCUT2D eigenvalue weighted by Gasteiger charge is 2.25. The van der Waals surface area contributed by atoms with Crippen molar-refractivity contribution >= 4 is 44.0 Å². The van der Waals surface area contributed by atoms with Gasteiger partial charge in [0.2, 0.25) is 10.0 Å². The van der Waals surface area contributed by atoms with E-state index in [0.29, 0.717) is 28.1 Å². The first-order valence-electron chi connectivity index (χ1n) is 10.8. The Morgan fingerprint density at radius 1 is 1.25 bits per heavy atom. The molecule has 1 fully saturated rings. The molecule has 0 aliphatic heterocycles. The highest BCUT2D eigenvalue weighted by Crippen LogP contribution is 2.30. The molecule has 32 heavy (non-hydrogen) atoms. The molecule has 1 aromatic heterocycles. The fourth-order valence-electron chi connectivity index (χ4n) is 4.01. The largest absolute Gasteiger partial charge is 0.393 e. The number of aromatic nitrogens is 1. The number of amides is 1. The van der Waals surface area contributed by atoms with Crippen molar-refractivity contribution in [2.45, 2.75) is 51.6 Å². The van der Waals surface area contributed by atoms with E-state index in [2.05, 4.69) is 9.88 Å². The Balaban J connectivity index is 1.76. The number of halogens is 1. The van der Waals surface area contributed by atoms with Gasteiger partial charge in [0.1, 0.15) is 5.69 Å². The summed E-state index contributed by atoms with van der Waals surface area (Å²) in [5.74, 6) is -0.455. The molecule has 1 saturated carbocycles. The van der Waals surface area contributed by atoms with Crippen LogP contribution in [0.5, 0.6) is 0 Å². The number of hydrogen-bond donors (Lipinski definition) is 2. The van der Waals surface area contributed by atoms with Gasteiger partial charge in [-0.25, -0.2) is 18.1 Å². The van der Waals surface area contributed by atoms with Gasteiger partial charge in [0.25, 0.3) is 5.91 Å². The summed E-state index contributed by atoms with van der Waals surface area (Å²) in [6.07, 6.45) is 6.37. The number of rotatable bonds is 9. The average molecular weight is 500 g/mol. The SMILES string of the molecule is Cc1sc(N(CCc2ccc(Cl)cc2)CC[C@H]2CCCC[C@@H]2O)nc1C(=O)NS(C)(=O)=O. The van der Waals surface area contributed by atoms with Crippen LogP contribution in [-0.2, 0) is 16.4 Å². The number of aryl methyl sites for hydroxylation is 1. The van der Waals surface area contributed by atoms with Gasteiger partial charge >= 0.3 is 0 Å². The van der Waals surface area contributed by atoms with Gasteiger partial charge in [-0.05, 0) is 56.2 Å². The third-order valence-corrected chi connectivity index (χ3v) is 7.61. The van der Waals surface area contributed by atoms with Gasteiger partial charge in [0.05, 0.1) is 12.4 Å². The van der Waals surface area contributed by atoms with Crippen LogP contribution in [0.4, 0.5) is 5.13 Å². The van der Waals surface area contributed by atoms with Crippen LogP contribution in [-0.4, -0.2) is 49.9 Å². The second-order valence-electron chi connectivity index (χ2n) is 8.37. The number of benzene rings is 1. The summed E-state index contributed by atoms with van der Waals surface area (Å²) in [5.41, 5.74) is 1.27. The molecule has 0 saturated heterocycles. The maximum absolute atomic E-state index is 12.4. The Labute approximate surface area is 198 Å². The second-order valence-corrected chi connectivity index (χ2v) is 11.7. The van der Waals surface area contributed by atoms with E-state index in [4.69, 9.17) is 11.6 Å². The maximum atomic E-state index is 12.4. The second kappa shape index (κ2) is 11.0. The van der Waals surface area contributed by atoms with Gasteiger partial charge in [-0.3, -0.25) is 4.79 Å². The molecule has 7 nitrogen and oxygen atoms in total. The summed E-state index contributed by atoms with van der Waals surface area (Å²) >= 11 is 7.37. The lowest BCUT2D eigenvalue weighted by Gasteiger charge is -2.30. The first kappa shape index (κ1) is 25.0. The zero-order chi connectivity index (χ0) is 23.3. The van der Waals surface area contributed by atoms with Crippen molar-refractivity contribution in [1.82, 2.24) is 9.71 Å². The zero-order valence-electron chi connectivity index (χ0n) is 18.4. The monoisotopic (exact) mass is 499 g/mol. The predicted molar refractivity (Wildman–Crippen MR) is 129 cm³/mol. The molecule has 1 aliphatic rings. The van der Waals surface area contributed by atoms with E-state index in [1.165, 1.54) is 11.3 Å². The molecule has 1 amide bonds. The minimum absolute atomic E-state index is 0.129. The van der Waals surface area contributed by atoms with Crippen molar-refractivity contribution in [2.75, 3.05) is 24.2 Å². The Bertz CT molecular complexity index is 1020. The van der Waals surface area contributed by atoms with E-state index < -0.39 is 15.9 Å². The van der Waals surface area contributed by atoms with E-state index >= 15 is 0 Å². The fraction of sp³-hybridized carbons (Fsp3) is 0.545.